The van der Waals surface area contributed by atoms with Gasteiger partial charge in [-0.2, -0.15) is 12.6 Å². The van der Waals surface area contributed by atoms with Gasteiger partial charge >= 0.3 is 0 Å². The number of aliphatic hydroxyl groups is 2. The molecular formula is C9H10ClNO4S. The van der Waals surface area contributed by atoms with Crippen molar-refractivity contribution in [1.29, 1.82) is 0 Å². The Morgan fingerprint density at radius 3 is 2.62 bits per heavy atom. The second-order valence-electron chi connectivity index (χ2n) is 3.16. The number of benzene rings is 1. The third-order valence-electron chi connectivity index (χ3n) is 2.06. The predicted octanol–water partition coefficient (Wildman–Crippen LogP) is 1.57. The van der Waals surface area contributed by atoms with Gasteiger partial charge in [-0.1, -0.05) is 11.6 Å². The van der Waals surface area contributed by atoms with Crippen molar-refractivity contribution in [3.63, 3.8) is 0 Å². The lowest BCUT2D eigenvalue weighted by Gasteiger charge is -2.16. The zero-order valence-corrected chi connectivity index (χ0v) is 9.73. The van der Waals surface area contributed by atoms with Crippen LogP contribution in [0.3, 0.4) is 0 Å². The van der Waals surface area contributed by atoms with Crippen LogP contribution in [0, 0.1) is 10.1 Å². The number of halogens is 1. The molecule has 1 aromatic carbocycles. The Labute approximate surface area is 102 Å². The number of hydrogen-bond donors (Lipinski definition) is 3. The molecule has 0 amide bonds. The Morgan fingerprint density at radius 2 is 2.12 bits per heavy atom. The number of aliphatic hydroxyl groups excluding tert-OH is 2. The Morgan fingerprint density at radius 1 is 1.50 bits per heavy atom. The molecule has 0 aromatic heterocycles. The molecule has 2 atom stereocenters. The molecule has 88 valence electrons. The molecule has 16 heavy (non-hydrogen) atoms. The molecule has 5 nitrogen and oxygen atoms in total. The molecule has 2 unspecified atom stereocenters. The summed E-state index contributed by atoms with van der Waals surface area (Å²) in [6.45, 7) is 0. The van der Waals surface area contributed by atoms with E-state index in [0.717, 1.165) is 0 Å². The number of nitrogens with zero attached hydrogens (tertiary/aromatic N) is 1. The predicted molar refractivity (Wildman–Crippen MR) is 62.9 cm³/mol. The lowest BCUT2D eigenvalue weighted by molar-refractivity contribution is -0.386. The van der Waals surface area contributed by atoms with Gasteiger partial charge in [-0.05, 0) is 12.1 Å². The zero-order valence-electron chi connectivity index (χ0n) is 8.08. The van der Waals surface area contributed by atoms with Gasteiger partial charge in [-0.3, -0.25) is 10.1 Å². The number of rotatable bonds is 4. The fraction of sp³-hybridized carbons (Fsp3) is 0.333. The average Bonchev–Trinajstić information content (AvgIpc) is 2.26. The summed E-state index contributed by atoms with van der Waals surface area (Å²) >= 11 is 9.48. The summed E-state index contributed by atoms with van der Waals surface area (Å²) in [6, 6.07) is 3.80. The van der Waals surface area contributed by atoms with Crippen molar-refractivity contribution in [2.75, 3.05) is 5.75 Å². The van der Waals surface area contributed by atoms with E-state index >= 15 is 0 Å². The standard InChI is InChI=1S/C9H10ClNO4S/c10-5-1-2-7(11(14)15)6(3-5)9(13)8(12)4-16/h1-3,8-9,12-13,16H,4H2. The van der Waals surface area contributed by atoms with E-state index in [1.54, 1.807) is 0 Å². The molecule has 0 fully saturated rings. The first-order valence-electron chi connectivity index (χ1n) is 4.38. The molecule has 1 aromatic rings. The second kappa shape index (κ2) is 5.49. The van der Waals surface area contributed by atoms with Crippen LogP contribution in [0.4, 0.5) is 5.69 Å². The van der Waals surface area contributed by atoms with Gasteiger partial charge in [0.15, 0.2) is 0 Å². The van der Waals surface area contributed by atoms with Gasteiger partial charge in [-0.25, -0.2) is 0 Å². The van der Waals surface area contributed by atoms with Crippen LogP contribution in [0.5, 0.6) is 0 Å². The number of nitro groups is 1. The molecule has 0 aliphatic carbocycles. The van der Waals surface area contributed by atoms with E-state index in [2.05, 4.69) is 12.6 Å². The highest BCUT2D eigenvalue weighted by Crippen LogP contribution is 2.30. The van der Waals surface area contributed by atoms with Crippen LogP contribution in [0.25, 0.3) is 0 Å². The van der Waals surface area contributed by atoms with E-state index in [9.17, 15) is 20.3 Å². The molecule has 0 spiro atoms. The third-order valence-corrected chi connectivity index (χ3v) is 2.67. The Bertz CT molecular complexity index is 401. The van der Waals surface area contributed by atoms with Crippen LogP contribution in [-0.4, -0.2) is 27.0 Å². The molecule has 1 rings (SSSR count). The summed E-state index contributed by atoms with van der Waals surface area (Å²) < 4.78 is 0. The first-order valence-corrected chi connectivity index (χ1v) is 5.39. The quantitative estimate of drug-likeness (QED) is 0.437. The van der Waals surface area contributed by atoms with E-state index in [1.165, 1.54) is 18.2 Å². The highest BCUT2D eigenvalue weighted by Gasteiger charge is 2.25. The van der Waals surface area contributed by atoms with E-state index in [-0.39, 0.29) is 22.0 Å². The average molecular weight is 264 g/mol. The van der Waals surface area contributed by atoms with Gasteiger partial charge in [0.25, 0.3) is 5.69 Å². The summed E-state index contributed by atoms with van der Waals surface area (Å²) in [4.78, 5) is 10.1. The second-order valence-corrected chi connectivity index (χ2v) is 3.96. The highest BCUT2D eigenvalue weighted by molar-refractivity contribution is 7.80. The highest BCUT2D eigenvalue weighted by atomic mass is 35.5. The lowest BCUT2D eigenvalue weighted by atomic mass is 10.0. The van der Waals surface area contributed by atoms with E-state index in [1.807, 2.05) is 0 Å². The molecule has 0 saturated heterocycles. The van der Waals surface area contributed by atoms with Crippen LogP contribution < -0.4 is 0 Å². The molecule has 2 N–H and O–H groups in total. The Kier molecular flexibility index (Phi) is 4.55. The largest absolute Gasteiger partial charge is 0.389 e. The molecule has 0 saturated carbocycles. The van der Waals surface area contributed by atoms with Crippen LogP contribution in [0.15, 0.2) is 18.2 Å². The van der Waals surface area contributed by atoms with Gasteiger partial charge in [-0.15, -0.1) is 0 Å². The molecular weight excluding hydrogens is 254 g/mol. The summed E-state index contributed by atoms with van der Waals surface area (Å²) in [7, 11) is 0. The Balaban J connectivity index is 3.19. The Hall–Kier alpha value is -0.820. The normalized spacial score (nSPS) is 14.5. The van der Waals surface area contributed by atoms with Gasteiger partial charge in [0.05, 0.1) is 16.6 Å². The fourth-order valence-electron chi connectivity index (χ4n) is 1.24. The van der Waals surface area contributed by atoms with Crippen molar-refractivity contribution in [2.45, 2.75) is 12.2 Å². The van der Waals surface area contributed by atoms with Crippen molar-refractivity contribution in [1.82, 2.24) is 0 Å². The van der Waals surface area contributed by atoms with Crippen molar-refractivity contribution < 1.29 is 15.1 Å². The molecule has 0 radical (unpaired) electrons. The zero-order chi connectivity index (χ0) is 12.3. The van der Waals surface area contributed by atoms with Crippen LogP contribution in [0.2, 0.25) is 5.02 Å². The van der Waals surface area contributed by atoms with Gasteiger partial charge in [0.2, 0.25) is 0 Å². The fourth-order valence-corrected chi connectivity index (χ4v) is 1.62. The maximum Gasteiger partial charge on any atom is 0.275 e. The van der Waals surface area contributed by atoms with Crippen LogP contribution >= 0.6 is 24.2 Å². The first-order chi connectivity index (χ1) is 7.47. The van der Waals surface area contributed by atoms with Gasteiger partial charge in [0, 0.05) is 16.8 Å². The molecule has 0 aliphatic heterocycles. The van der Waals surface area contributed by atoms with Crippen molar-refractivity contribution in [3.8, 4) is 0 Å². The minimum Gasteiger partial charge on any atom is -0.389 e. The maximum atomic E-state index is 10.7. The molecule has 0 heterocycles. The van der Waals surface area contributed by atoms with Crippen LogP contribution in [-0.2, 0) is 0 Å². The monoisotopic (exact) mass is 263 g/mol. The van der Waals surface area contributed by atoms with Crippen LogP contribution in [0.1, 0.15) is 11.7 Å². The number of thiol groups is 1. The molecule has 0 aliphatic rings. The first kappa shape index (κ1) is 13.2. The number of nitro benzene ring substituents is 1. The van der Waals surface area contributed by atoms with Crippen molar-refractivity contribution in [3.05, 3.63) is 38.9 Å². The maximum absolute atomic E-state index is 10.7. The molecule has 0 bridgehead atoms. The van der Waals surface area contributed by atoms with Gasteiger partial charge in [0.1, 0.15) is 6.10 Å². The third kappa shape index (κ3) is 2.85. The minimum atomic E-state index is -1.38. The van der Waals surface area contributed by atoms with E-state index < -0.39 is 17.1 Å². The topological polar surface area (TPSA) is 83.6 Å². The summed E-state index contributed by atoms with van der Waals surface area (Å²) in [5.74, 6) is -0.00909. The van der Waals surface area contributed by atoms with Crippen molar-refractivity contribution in [2.24, 2.45) is 0 Å². The van der Waals surface area contributed by atoms with Gasteiger partial charge < -0.3 is 10.2 Å². The number of hydrogen-bond acceptors (Lipinski definition) is 5. The van der Waals surface area contributed by atoms with E-state index in [0.29, 0.717) is 0 Å². The minimum absolute atomic E-state index is 0.00909. The SMILES string of the molecule is O=[N+]([O-])c1ccc(Cl)cc1C(O)C(O)CS. The van der Waals surface area contributed by atoms with E-state index in [4.69, 9.17) is 11.6 Å². The van der Waals surface area contributed by atoms with Crippen molar-refractivity contribution >= 4 is 29.9 Å². The summed E-state index contributed by atoms with van der Waals surface area (Å²) in [5, 5.41) is 30.0. The smallest absolute Gasteiger partial charge is 0.275 e. The summed E-state index contributed by atoms with van der Waals surface area (Å²) in [5.41, 5.74) is -0.295. The molecule has 7 heteroatoms. The lowest BCUT2D eigenvalue weighted by Crippen LogP contribution is -2.20. The summed E-state index contributed by atoms with van der Waals surface area (Å²) in [6.07, 6.45) is -2.56.